The van der Waals surface area contributed by atoms with E-state index < -0.39 is 10.8 Å². The van der Waals surface area contributed by atoms with Crippen molar-refractivity contribution in [1.29, 1.82) is 0 Å². The van der Waals surface area contributed by atoms with E-state index in [1.165, 1.54) is 0 Å². The molecule has 0 spiro atoms. The molecule has 0 saturated carbocycles. The average molecular weight is 260 g/mol. The van der Waals surface area contributed by atoms with Gasteiger partial charge in [-0.3, -0.25) is 4.21 Å². The van der Waals surface area contributed by atoms with Gasteiger partial charge in [0.1, 0.15) is 5.15 Å². The van der Waals surface area contributed by atoms with Gasteiger partial charge in [0.15, 0.2) is 0 Å². The Bertz CT molecular complexity index is 407. The summed E-state index contributed by atoms with van der Waals surface area (Å²) < 4.78 is 12.0. The van der Waals surface area contributed by atoms with Crippen LogP contribution in [-0.4, -0.2) is 32.5 Å². The number of aromatic nitrogens is 2. The van der Waals surface area contributed by atoms with Gasteiger partial charge in [-0.1, -0.05) is 11.6 Å². The number of hydrogen-bond donors (Lipinski definition) is 1. The predicted molar refractivity (Wildman–Crippen MR) is 64.1 cm³/mol. The third-order valence-corrected chi connectivity index (χ3v) is 4.30. The molecule has 1 aromatic rings. The lowest BCUT2D eigenvalue weighted by atomic mass is 10.3. The summed E-state index contributed by atoms with van der Waals surface area (Å²) >= 11 is 5.87. The second-order valence-electron chi connectivity index (χ2n) is 3.93. The zero-order valence-electron chi connectivity index (χ0n) is 9.07. The number of halogens is 1. The molecule has 1 fully saturated rings. The SMILES string of the molecule is Cc1cnc([S@@](=O)C[C@@H]2CCCN2)nc1Cl. The van der Waals surface area contributed by atoms with Crippen LogP contribution in [0.25, 0.3) is 0 Å². The van der Waals surface area contributed by atoms with Crippen molar-refractivity contribution in [2.45, 2.75) is 31.0 Å². The molecule has 1 saturated heterocycles. The summed E-state index contributed by atoms with van der Waals surface area (Å²) in [5.74, 6) is 0.569. The Morgan fingerprint density at radius 1 is 1.69 bits per heavy atom. The predicted octanol–water partition coefficient (Wildman–Crippen LogP) is 1.30. The molecule has 0 radical (unpaired) electrons. The van der Waals surface area contributed by atoms with Gasteiger partial charge in [-0.2, -0.15) is 0 Å². The van der Waals surface area contributed by atoms with Crippen LogP contribution >= 0.6 is 11.6 Å². The summed E-state index contributed by atoms with van der Waals surface area (Å²) in [4.78, 5) is 8.10. The lowest BCUT2D eigenvalue weighted by molar-refractivity contribution is 0.638. The van der Waals surface area contributed by atoms with Crippen molar-refractivity contribution in [3.63, 3.8) is 0 Å². The van der Waals surface area contributed by atoms with Gasteiger partial charge in [-0.15, -0.1) is 0 Å². The Balaban J connectivity index is 2.05. The van der Waals surface area contributed by atoms with E-state index >= 15 is 0 Å². The molecule has 2 rings (SSSR count). The number of nitrogens with one attached hydrogen (secondary N) is 1. The Hall–Kier alpha value is -0.520. The molecule has 0 bridgehead atoms. The maximum absolute atomic E-state index is 12.0. The van der Waals surface area contributed by atoms with Crippen LogP contribution < -0.4 is 5.32 Å². The van der Waals surface area contributed by atoms with Gasteiger partial charge >= 0.3 is 0 Å². The van der Waals surface area contributed by atoms with Crippen LogP contribution in [0.4, 0.5) is 0 Å². The van der Waals surface area contributed by atoms with E-state index in [1.54, 1.807) is 6.20 Å². The molecule has 0 aliphatic carbocycles. The zero-order chi connectivity index (χ0) is 11.5. The van der Waals surface area contributed by atoms with Gasteiger partial charge in [-0.05, 0) is 26.3 Å². The summed E-state index contributed by atoms with van der Waals surface area (Å²) in [7, 11) is -1.16. The van der Waals surface area contributed by atoms with Crippen LogP contribution in [0.5, 0.6) is 0 Å². The fraction of sp³-hybridized carbons (Fsp3) is 0.600. The first-order chi connectivity index (χ1) is 7.66. The van der Waals surface area contributed by atoms with Crippen LogP contribution in [0.3, 0.4) is 0 Å². The normalized spacial score (nSPS) is 22.2. The molecule has 4 nitrogen and oxygen atoms in total. The highest BCUT2D eigenvalue weighted by Crippen LogP contribution is 2.14. The van der Waals surface area contributed by atoms with Crippen molar-refractivity contribution in [3.05, 3.63) is 16.9 Å². The first-order valence-electron chi connectivity index (χ1n) is 5.27. The monoisotopic (exact) mass is 259 g/mol. The van der Waals surface area contributed by atoms with Gasteiger partial charge in [-0.25, -0.2) is 9.97 Å². The van der Waals surface area contributed by atoms with Crippen LogP contribution in [0.1, 0.15) is 18.4 Å². The minimum Gasteiger partial charge on any atom is -0.313 e. The molecule has 2 atom stereocenters. The zero-order valence-corrected chi connectivity index (χ0v) is 10.6. The smallest absolute Gasteiger partial charge is 0.219 e. The van der Waals surface area contributed by atoms with Crippen molar-refractivity contribution in [2.75, 3.05) is 12.3 Å². The third-order valence-electron chi connectivity index (χ3n) is 2.61. The summed E-state index contributed by atoms with van der Waals surface area (Å²) in [5, 5.41) is 4.03. The van der Waals surface area contributed by atoms with Gasteiger partial charge in [0.25, 0.3) is 0 Å². The van der Waals surface area contributed by atoms with Crippen molar-refractivity contribution in [3.8, 4) is 0 Å². The highest BCUT2D eigenvalue weighted by molar-refractivity contribution is 7.84. The summed E-state index contributed by atoms with van der Waals surface area (Å²) in [5.41, 5.74) is 0.807. The molecule has 0 aromatic carbocycles. The molecule has 1 aliphatic rings. The number of aryl methyl sites for hydroxylation is 1. The molecule has 1 N–H and O–H groups in total. The van der Waals surface area contributed by atoms with Crippen molar-refractivity contribution >= 4 is 22.4 Å². The fourth-order valence-electron chi connectivity index (χ4n) is 1.67. The minimum absolute atomic E-state index is 0.324. The largest absolute Gasteiger partial charge is 0.313 e. The van der Waals surface area contributed by atoms with E-state index in [1.807, 2.05) is 6.92 Å². The molecular weight excluding hydrogens is 246 g/mol. The highest BCUT2D eigenvalue weighted by Gasteiger charge is 2.19. The van der Waals surface area contributed by atoms with Crippen LogP contribution in [0, 0.1) is 6.92 Å². The molecule has 16 heavy (non-hydrogen) atoms. The molecule has 0 amide bonds. The third kappa shape index (κ3) is 2.78. The molecule has 6 heteroatoms. The van der Waals surface area contributed by atoms with Gasteiger partial charge in [0, 0.05) is 23.6 Å². The Kier molecular flexibility index (Phi) is 3.89. The van der Waals surface area contributed by atoms with E-state index in [2.05, 4.69) is 15.3 Å². The molecular formula is C10H14ClN3OS. The van der Waals surface area contributed by atoms with E-state index in [0.717, 1.165) is 24.9 Å². The Morgan fingerprint density at radius 3 is 3.12 bits per heavy atom. The summed E-state index contributed by atoms with van der Waals surface area (Å²) in [6.45, 7) is 2.84. The lowest BCUT2D eigenvalue weighted by Crippen LogP contribution is -2.28. The van der Waals surface area contributed by atoms with Gasteiger partial charge in [0.2, 0.25) is 5.16 Å². The second kappa shape index (κ2) is 5.21. The van der Waals surface area contributed by atoms with E-state index in [0.29, 0.717) is 22.1 Å². The molecule has 0 unspecified atom stereocenters. The maximum atomic E-state index is 12.0. The second-order valence-corrected chi connectivity index (χ2v) is 5.68. The first kappa shape index (κ1) is 12.0. The van der Waals surface area contributed by atoms with E-state index in [9.17, 15) is 4.21 Å². The molecule has 1 aliphatic heterocycles. The molecule has 1 aromatic heterocycles. The van der Waals surface area contributed by atoms with E-state index in [-0.39, 0.29) is 0 Å². The van der Waals surface area contributed by atoms with Gasteiger partial charge < -0.3 is 5.32 Å². The quantitative estimate of drug-likeness (QED) is 0.657. The summed E-state index contributed by atoms with van der Waals surface area (Å²) in [6.07, 6.45) is 3.84. The van der Waals surface area contributed by atoms with Crippen molar-refractivity contribution < 1.29 is 4.21 Å². The summed E-state index contributed by atoms with van der Waals surface area (Å²) in [6, 6.07) is 0.324. The molecule has 88 valence electrons. The number of nitrogens with zero attached hydrogens (tertiary/aromatic N) is 2. The Labute approximate surface area is 102 Å². The first-order valence-corrected chi connectivity index (χ1v) is 6.97. The van der Waals surface area contributed by atoms with Crippen LogP contribution in [0.15, 0.2) is 11.4 Å². The average Bonchev–Trinajstić information content (AvgIpc) is 2.74. The fourth-order valence-corrected chi connectivity index (χ4v) is 3.01. The van der Waals surface area contributed by atoms with Crippen molar-refractivity contribution in [2.24, 2.45) is 0 Å². The van der Waals surface area contributed by atoms with Gasteiger partial charge in [0.05, 0.1) is 10.8 Å². The lowest BCUT2D eigenvalue weighted by Gasteiger charge is -2.08. The minimum atomic E-state index is -1.16. The van der Waals surface area contributed by atoms with Crippen molar-refractivity contribution in [1.82, 2.24) is 15.3 Å². The van der Waals surface area contributed by atoms with Crippen LogP contribution in [0.2, 0.25) is 5.15 Å². The number of hydrogen-bond acceptors (Lipinski definition) is 4. The maximum Gasteiger partial charge on any atom is 0.219 e. The highest BCUT2D eigenvalue weighted by atomic mass is 35.5. The number of rotatable bonds is 3. The topological polar surface area (TPSA) is 54.9 Å². The van der Waals surface area contributed by atoms with Crippen LogP contribution in [-0.2, 0) is 10.8 Å². The molecule has 2 heterocycles. The Morgan fingerprint density at radius 2 is 2.50 bits per heavy atom. The standard InChI is InChI=1S/C10H14ClN3OS/c1-7-5-13-10(14-9(7)11)16(15)6-8-3-2-4-12-8/h5,8,12H,2-4,6H2,1H3/t8-,16-/m0/s1. The van der Waals surface area contributed by atoms with E-state index in [4.69, 9.17) is 11.6 Å².